The second kappa shape index (κ2) is 6.16. The number of carboxylic acid groups (broad SMARTS) is 1. The van der Waals surface area contributed by atoms with Gasteiger partial charge >= 0.3 is 5.97 Å². The molecule has 1 aliphatic heterocycles. The fourth-order valence-corrected chi connectivity index (χ4v) is 2.59. The number of aryl methyl sites for hydroxylation is 1. The van der Waals surface area contributed by atoms with Crippen molar-refractivity contribution in [2.75, 3.05) is 19.8 Å². The van der Waals surface area contributed by atoms with Crippen molar-refractivity contribution in [1.29, 1.82) is 0 Å². The first-order valence-electron chi connectivity index (χ1n) is 6.72. The number of nitrogens with zero attached hydrogens (tertiary/aromatic N) is 3. The van der Waals surface area contributed by atoms with Gasteiger partial charge in [-0.2, -0.15) is 5.10 Å². The second-order valence-corrected chi connectivity index (χ2v) is 4.75. The minimum Gasteiger partial charge on any atom is -0.481 e. The molecule has 0 aromatic carbocycles. The Kier molecular flexibility index (Phi) is 4.55. The van der Waals surface area contributed by atoms with Crippen molar-refractivity contribution >= 4 is 5.97 Å². The highest BCUT2D eigenvalue weighted by molar-refractivity contribution is 5.71. The SMILES string of the molecule is CCN(Cc1ccnn1CC)C1COCC1C(=O)O. The Balaban J connectivity index is 2.09. The van der Waals surface area contributed by atoms with E-state index in [2.05, 4.69) is 10.00 Å². The molecule has 6 heteroatoms. The summed E-state index contributed by atoms with van der Waals surface area (Å²) in [7, 11) is 0. The third kappa shape index (κ3) is 2.96. The van der Waals surface area contributed by atoms with Crippen molar-refractivity contribution in [3.05, 3.63) is 18.0 Å². The summed E-state index contributed by atoms with van der Waals surface area (Å²) in [6.45, 7) is 7.22. The number of carbonyl (C=O) groups is 1. The predicted molar refractivity (Wildman–Crippen MR) is 69.7 cm³/mol. The van der Waals surface area contributed by atoms with Gasteiger partial charge in [-0.25, -0.2) is 0 Å². The summed E-state index contributed by atoms with van der Waals surface area (Å²) >= 11 is 0. The van der Waals surface area contributed by atoms with Crippen LogP contribution in [0, 0.1) is 5.92 Å². The summed E-state index contributed by atoms with van der Waals surface area (Å²) in [6, 6.07) is 1.93. The lowest BCUT2D eigenvalue weighted by Gasteiger charge is -2.29. The Hall–Kier alpha value is -1.40. The van der Waals surface area contributed by atoms with Crippen molar-refractivity contribution in [3.63, 3.8) is 0 Å². The van der Waals surface area contributed by atoms with Gasteiger partial charge in [0.05, 0.1) is 24.8 Å². The molecule has 2 unspecified atom stereocenters. The van der Waals surface area contributed by atoms with Gasteiger partial charge in [0.2, 0.25) is 0 Å². The first-order valence-corrected chi connectivity index (χ1v) is 6.72. The van der Waals surface area contributed by atoms with Crippen LogP contribution in [0.3, 0.4) is 0 Å². The molecule has 0 saturated carbocycles. The lowest BCUT2D eigenvalue weighted by atomic mass is 10.0. The van der Waals surface area contributed by atoms with Crippen LogP contribution in [0.25, 0.3) is 0 Å². The molecule has 2 rings (SSSR count). The maximum atomic E-state index is 11.2. The first-order chi connectivity index (χ1) is 9.17. The monoisotopic (exact) mass is 267 g/mol. The number of hydrogen-bond acceptors (Lipinski definition) is 4. The maximum Gasteiger partial charge on any atom is 0.310 e. The van der Waals surface area contributed by atoms with Crippen LogP contribution in [-0.2, 0) is 22.6 Å². The summed E-state index contributed by atoms with van der Waals surface area (Å²) in [5.74, 6) is -1.21. The highest BCUT2D eigenvalue weighted by Crippen LogP contribution is 2.21. The third-order valence-electron chi connectivity index (χ3n) is 3.71. The number of aromatic nitrogens is 2. The molecule has 106 valence electrons. The molecule has 2 atom stereocenters. The smallest absolute Gasteiger partial charge is 0.310 e. The van der Waals surface area contributed by atoms with Gasteiger partial charge in [0.15, 0.2) is 0 Å². The number of likely N-dealkylation sites (N-methyl/N-ethyl adjacent to an activating group) is 1. The average Bonchev–Trinajstić information content (AvgIpc) is 3.04. The molecule has 1 fully saturated rings. The Labute approximate surface area is 113 Å². The fourth-order valence-electron chi connectivity index (χ4n) is 2.59. The summed E-state index contributed by atoms with van der Waals surface area (Å²) in [4.78, 5) is 13.4. The number of ether oxygens (including phenoxy) is 1. The van der Waals surface area contributed by atoms with E-state index in [1.165, 1.54) is 0 Å². The Morgan fingerprint density at radius 2 is 2.37 bits per heavy atom. The van der Waals surface area contributed by atoms with Crippen LogP contribution in [0.2, 0.25) is 0 Å². The molecular formula is C13H21N3O3. The summed E-state index contributed by atoms with van der Waals surface area (Å²) in [6.07, 6.45) is 1.78. The van der Waals surface area contributed by atoms with E-state index in [0.29, 0.717) is 19.8 Å². The summed E-state index contributed by atoms with van der Waals surface area (Å²) < 4.78 is 7.28. The molecule has 0 amide bonds. The van der Waals surface area contributed by atoms with Crippen LogP contribution in [0.15, 0.2) is 12.3 Å². The van der Waals surface area contributed by atoms with E-state index in [4.69, 9.17) is 4.74 Å². The molecular weight excluding hydrogens is 246 g/mol. The van der Waals surface area contributed by atoms with Gasteiger partial charge < -0.3 is 9.84 Å². The third-order valence-corrected chi connectivity index (χ3v) is 3.71. The van der Waals surface area contributed by atoms with Gasteiger partial charge in [0.25, 0.3) is 0 Å². The standard InChI is InChI=1S/C13H21N3O3/c1-3-15(7-10-5-6-14-16(10)4-2)12-9-19-8-11(12)13(17)18/h5-6,11-12H,3-4,7-9H2,1-2H3,(H,17,18). The minimum absolute atomic E-state index is 0.0530. The predicted octanol–water partition coefficient (Wildman–Crippen LogP) is 0.825. The van der Waals surface area contributed by atoms with Crippen LogP contribution < -0.4 is 0 Å². The van der Waals surface area contributed by atoms with Gasteiger partial charge in [-0.05, 0) is 19.5 Å². The van der Waals surface area contributed by atoms with Gasteiger partial charge in [-0.3, -0.25) is 14.4 Å². The topological polar surface area (TPSA) is 67.6 Å². The molecule has 0 bridgehead atoms. The zero-order valence-corrected chi connectivity index (χ0v) is 11.5. The Morgan fingerprint density at radius 3 is 3.00 bits per heavy atom. The van der Waals surface area contributed by atoms with Crippen LogP contribution in [0.4, 0.5) is 0 Å². The molecule has 1 saturated heterocycles. The molecule has 1 aromatic rings. The number of rotatable bonds is 6. The van der Waals surface area contributed by atoms with Gasteiger partial charge in [0.1, 0.15) is 0 Å². The van der Waals surface area contributed by atoms with E-state index in [9.17, 15) is 9.90 Å². The van der Waals surface area contributed by atoms with Gasteiger partial charge in [-0.1, -0.05) is 6.92 Å². The van der Waals surface area contributed by atoms with Crippen molar-refractivity contribution in [2.45, 2.75) is 33.0 Å². The molecule has 1 N–H and O–H groups in total. The summed E-state index contributed by atoms with van der Waals surface area (Å²) in [5.41, 5.74) is 1.11. The van der Waals surface area contributed by atoms with Crippen molar-refractivity contribution in [3.8, 4) is 0 Å². The van der Waals surface area contributed by atoms with Crippen molar-refractivity contribution in [1.82, 2.24) is 14.7 Å². The van der Waals surface area contributed by atoms with E-state index < -0.39 is 11.9 Å². The zero-order valence-electron chi connectivity index (χ0n) is 11.5. The molecule has 19 heavy (non-hydrogen) atoms. The lowest BCUT2D eigenvalue weighted by Crippen LogP contribution is -2.43. The largest absolute Gasteiger partial charge is 0.481 e. The molecule has 2 heterocycles. The first kappa shape index (κ1) is 14.0. The zero-order chi connectivity index (χ0) is 13.8. The van der Waals surface area contributed by atoms with Crippen molar-refractivity contribution < 1.29 is 14.6 Å². The number of carboxylic acids is 1. The molecule has 0 aliphatic carbocycles. The van der Waals surface area contributed by atoms with E-state index in [-0.39, 0.29) is 6.04 Å². The minimum atomic E-state index is -0.773. The Morgan fingerprint density at radius 1 is 1.58 bits per heavy atom. The average molecular weight is 267 g/mol. The number of hydrogen-bond donors (Lipinski definition) is 1. The fraction of sp³-hybridized carbons (Fsp3) is 0.692. The summed E-state index contributed by atoms with van der Waals surface area (Å²) in [5, 5.41) is 13.5. The second-order valence-electron chi connectivity index (χ2n) is 4.75. The molecule has 6 nitrogen and oxygen atoms in total. The molecule has 1 aromatic heterocycles. The van der Waals surface area contributed by atoms with E-state index in [1.54, 1.807) is 6.20 Å². The van der Waals surface area contributed by atoms with E-state index >= 15 is 0 Å². The van der Waals surface area contributed by atoms with Crippen LogP contribution in [0.5, 0.6) is 0 Å². The highest BCUT2D eigenvalue weighted by Gasteiger charge is 2.37. The van der Waals surface area contributed by atoms with Gasteiger partial charge in [0, 0.05) is 25.3 Å². The quantitative estimate of drug-likeness (QED) is 0.826. The van der Waals surface area contributed by atoms with Crippen LogP contribution in [-0.4, -0.2) is 51.6 Å². The van der Waals surface area contributed by atoms with Gasteiger partial charge in [-0.15, -0.1) is 0 Å². The number of aliphatic carboxylic acids is 1. The van der Waals surface area contributed by atoms with Crippen LogP contribution in [0.1, 0.15) is 19.5 Å². The Bertz CT molecular complexity index is 433. The highest BCUT2D eigenvalue weighted by atomic mass is 16.5. The van der Waals surface area contributed by atoms with E-state index in [1.807, 2.05) is 24.6 Å². The molecule has 0 radical (unpaired) electrons. The van der Waals surface area contributed by atoms with E-state index in [0.717, 1.165) is 18.8 Å². The maximum absolute atomic E-state index is 11.2. The lowest BCUT2D eigenvalue weighted by molar-refractivity contribution is -0.143. The molecule has 0 spiro atoms. The molecule has 1 aliphatic rings. The van der Waals surface area contributed by atoms with Crippen molar-refractivity contribution in [2.24, 2.45) is 5.92 Å². The van der Waals surface area contributed by atoms with Crippen LogP contribution >= 0.6 is 0 Å². The normalized spacial score (nSPS) is 23.1.